The molecule has 1 aliphatic heterocycles. The first-order valence-electron chi connectivity index (χ1n) is 7.99. The number of H-pyrrole nitrogens is 1. The number of rotatable bonds is 4. The number of benzene rings is 1. The lowest BCUT2D eigenvalue weighted by Gasteiger charge is -2.29. The summed E-state index contributed by atoms with van der Waals surface area (Å²) in [7, 11) is 1.75. The number of nitrogens with zero attached hydrogens (tertiary/aromatic N) is 2. The third-order valence-corrected chi connectivity index (χ3v) is 4.11. The van der Waals surface area contributed by atoms with Gasteiger partial charge in [0.05, 0.1) is 18.8 Å². The van der Waals surface area contributed by atoms with Crippen LogP contribution in [0.4, 0.5) is 5.69 Å². The van der Waals surface area contributed by atoms with Gasteiger partial charge < -0.3 is 19.5 Å². The second-order valence-electron chi connectivity index (χ2n) is 5.87. The molecule has 0 spiro atoms. The van der Waals surface area contributed by atoms with Crippen LogP contribution in [0.2, 0.25) is 0 Å². The molecule has 1 aromatic heterocycles. The fourth-order valence-corrected chi connectivity index (χ4v) is 2.74. The predicted octanol–water partition coefficient (Wildman–Crippen LogP) is 1.48. The van der Waals surface area contributed by atoms with E-state index in [0.717, 1.165) is 31.9 Å². The number of carbonyl (C=O) groups is 1. The van der Waals surface area contributed by atoms with Crippen LogP contribution in [-0.2, 0) is 11.3 Å². The van der Waals surface area contributed by atoms with E-state index in [4.69, 9.17) is 4.74 Å². The maximum absolute atomic E-state index is 12.4. The number of morpholine rings is 1. The molecule has 1 N–H and O–H groups in total. The molecular weight excluding hydrogens is 306 g/mol. The number of ether oxygens (including phenoxy) is 1. The number of amides is 1. The van der Waals surface area contributed by atoms with Gasteiger partial charge in [0.25, 0.3) is 5.91 Å². The minimum Gasteiger partial charge on any atom is -0.378 e. The minimum atomic E-state index is -0.215. The second kappa shape index (κ2) is 7.31. The van der Waals surface area contributed by atoms with Crippen molar-refractivity contribution in [1.29, 1.82) is 0 Å². The molecule has 1 saturated heterocycles. The summed E-state index contributed by atoms with van der Waals surface area (Å²) in [5.41, 5.74) is 2.50. The number of aromatic amines is 1. The zero-order valence-electron chi connectivity index (χ0n) is 13.7. The smallest absolute Gasteiger partial charge is 0.255 e. The van der Waals surface area contributed by atoms with E-state index in [1.165, 1.54) is 18.0 Å². The molecule has 6 heteroatoms. The van der Waals surface area contributed by atoms with Gasteiger partial charge in [0.2, 0.25) is 5.56 Å². The van der Waals surface area contributed by atoms with Crippen LogP contribution in [-0.4, -0.2) is 49.1 Å². The first-order valence-corrected chi connectivity index (χ1v) is 7.99. The monoisotopic (exact) mass is 327 g/mol. The molecule has 1 amide bonds. The number of hydrogen-bond acceptors (Lipinski definition) is 4. The SMILES string of the molecule is CN(Cc1ccc(N2CCOCC2)cc1)C(=O)c1ccc(=O)[nH]c1. The highest BCUT2D eigenvalue weighted by molar-refractivity contribution is 5.93. The Morgan fingerprint density at radius 3 is 2.50 bits per heavy atom. The van der Waals surface area contributed by atoms with Crippen LogP contribution >= 0.6 is 0 Å². The lowest BCUT2D eigenvalue weighted by Crippen LogP contribution is -2.36. The summed E-state index contributed by atoms with van der Waals surface area (Å²) in [6.45, 7) is 3.85. The number of anilines is 1. The van der Waals surface area contributed by atoms with Crippen LogP contribution in [0, 0.1) is 0 Å². The molecule has 0 bridgehead atoms. The minimum absolute atomic E-state index is 0.122. The molecule has 2 heterocycles. The Morgan fingerprint density at radius 1 is 1.17 bits per heavy atom. The van der Waals surface area contributed by atoms with Crippen molar-refractivity contribution in [2.45, 2.75) is 6.54 Å². The van der Waals surface area contributed by atoms with Gasteiger partial charge >= 0.3 is 0 Å². The van der Waals surface area contributed by atoms with Gasteiger partial charge in [-0.1, -0.05) is 12.1 Å². The van der Waals surface area contributed by atoms with E-state index in [1.807, 2.05) is 12.1 Å². The maximum Gasteiger partial charge on any atom is 0.255 e. The second-order valence-corrected chi connectivity index (χ2v) is 5.87. The highest BCUT2D eigenvalue weighted by Gasteiger charge is 2.13. The quantitative estimate of drug-likeness (QED) is 0.924. The lowest BCUT2D eigenvalue weighted by atomic mass is 10.1. The molecule has 0 saturated carbocycles. The molecule has 6 nitrogen and oxygen atoms in total. The van der Waals surface area contributed by atoms with Gasteiger partial charge in [0.15, 0.2) is 0 Å². The first-order chi connectivity index (χ1) is 11.6. The number of hydrogen-bond donors (Lipinski definition) is 1. The average Bonchev–Trinajstić information content (AvgIpc) is 2.63. The molecule has 126 valence electrons. The summed E-state index contributed by atoms with van der Waals surface area (Å²) >= 11 is 0. The van der Waals surface area contributed by atoms with Crippen molar-refractivity contribution in [2.75, 3.05) is 38.3 Å². The van der Waals surface area contributed by atoms with E-state index in [2.05, 4.69) is 22.0 Å². The van der Waals surface area contributed by atoms with Gasteiger partial charge in [-0.25, -0.2) is 0 Å². The number of nitrogens with one attached hydrogen (secondary N) is 1. The summed E-state index contributed by atoms with van der Waals surface area (Å²) in [4.78, 5) is 29.9. The summed E-state index contributed by atoms with van der Waals surface area (Å²) in [5, 5.41) is 0. The Morgan fingerprint density at radius 2 is 1.88 bits per heavy atom. The van der Waals surface area contributed by atoms with Crippen molar-refractivity contribution in [2.24, 2.45) is 0 Å². The van der Waals surface area contributed by atoms with Crippen LogP contribution in [0.3, 0.4) is 0 Å². The summed E-state index contributed by atoms with van der Waals surface area (Å²) in [6.07, 6.45) is 1.45. The van der Waals surface area contributed by atoms with Crippen molar-refractivity contribution in [3.63, 3.8) is 0 Å². The van der Waals surface area contributed by atoms with Crippen molar-refractivity contribution >= 4 is 11.6 Å². The topological polar surface area (TPSA) is 65.6 Å². The fraction of sp³-hybridized carbons (Fsp3) is 0.333. The van der Waals surface area contributed by atoms with Crippen molar-refractivity contribution in [3.8, 4) is 0 Å². The van der Waals surface area contributed by atoms with Crippen molar-refractivity contribution in [1.82, 2.24) is 9.88 Å². The summed E-state index contributed by atoms with van der Waals surface area (Å²) in [5.74, 6) is -0.122. The van der Waals surface area contributed by atoms with Crippen LogP contribution < -0.4 is 10.5 Å². The molecule has 0 unspecified atom stereocenters. The Kier molecular flexibility index (Phi) is 4.96. The van der Waals surface area contributed by atoms with Gasteiger partial charge in [-0.15, -0.1) is 0 Å². The Labute approximate surface area is 140 Å². The summed E-state index contributed by atoms with van der Waals surface area (Å²) < 4.78 is 5.37. The van der Waals surface area contributed by atoms with Crippen LogP contribution in [0.15, 0.2) is 47.4 Å². The largest absolute Gasteiger partial charge is 0.378 e. The van der Waals surface area contributed by atoms with Crippen LogP contribution in [0.5, 0.6) is 0 Å². The normalized spacial score (nSPS) is 14.5. The third kappa shape index (κ3) is 3.83. The predicted molar refractivity (Wildman–Crippen MR) is 92.3 cm³/mol. The van der Waals surface area contributed by atoms with Gasteiger partial charge in [0, 0.05) is 44.6 Å². The fourth-order valence-electron chi connectivity index (χ4n) is 2.74. The van der Waals surface area contributed by atoms with Crippen LogP contribution in [0.1, 0.15) is 15.9 Å². The zero-order valence-corrected chi connectivity index (χ0v) is 13.7. The molecule has 0 aliphatic carbocycles. The molecule has 0 atom stereocenters. The number of carbonyl (C=O) groups excluding carboxylic acids is 1. The summed E-state index contributed by atoms with van der Waals surface area (Å²) in [6, 6.07) is 11.2. The highest BCUT2D eigenvalue weighted by atomic mass is 16.5. The maximum atomic E-state index is 12.4. The van der Waals surface area contributed by atoms with E-state index in [1.54, 1.807) is 18.0 Å². The van der Waals surface area contributed by atoms with Gasteiger partial charge in [-0.3, -0.25) is 9.59 Å². The zero-order chi connectivity index (χ0) is 16.9. The number of aromatic nitrogens is 1. The molecule has 24 heavy (non-hydrogen) atoms. The molecule has 1 fully saturated rings. The van der Waals surface area contributed by atoms with E-state index in [0.29, 0.717) is 12.1 Å². The average molecular weight is 327 g/mol. The van der Waals surface area contributed by atoms with Gasteiger partial charge in [-0.05, 0) is 23.8 Å². The van der Waals surface area contributed by atoms with E-state index >= 15 is 0 Å². The third-order valence-electron chi connectivity index (χ3n) is 4.11. The molecular formula is C18H21N3O3. The molecule has 1 aromatic carbocycles. The van der Waals surface area contributed by atoms with Crippen molar-refractivity contribution < 1.29 is 9.53 Å². The standard InChI is InChI=1S/C18H21N3O3/c1-20(18(23)15-4-7-17(22)19-12-15)13-14-2-5-16(6-3-14)21-8-10-24-11-9-21/h2-7,12H,8-11,13H2,1H3,(H,19,22). The van der Waals surface area contributed by atoms with E-state index < -0.39 is 0 Å². The Balaban J connectivity index is 1.63. The Hall–Kier alpha value is -2.60. The van der Waals surface area contributed by atoms with E-state index in [9.17, 15) is 9.59 Å². The molecule has 3 rings (SSSR count). The lowest BCUT2D eigenvalue weighted by molar-refractivity contribution is 0.0784. The van der Waals surface area contributed by atoms with Crippen LogP contribution in [0.25, 0.3) is 0 Å². The molecule has 1 aliphatic rings. The number of pyridine rings is 1. The highest BCUT2D eigenvalue weighted by Crippen LogP contribution is 2.17. The van der Waals surface area contributed by atoms with E-state index in [-0.39, 0.29) is 11.5 Å². The van der Waals surface area contributed by atoms with Crippen molar-refractivity contribution in [3.05, 3.63) is 64.1 Å². The van der Waals surface area contributed by atoms with Gasteiger partial charge in [0.1, 0.15) is 0 Å². The first kappa shape index (κ1) is 16.3. The molecule has 2 aromatic rings. The molecule has 0 radical (unpaired) electrons. The van der Waals surface area contributed by atoms with Gasteiger partial charge in [-0.2, -0.15) is 0 Å². The Bertz CT molecular complexity index is 728.